The molecule has 26 heavy (non-hydrogen) atoms. The first kappa shape index (κ1) is 26.4. The SMILES string of the molecule is CCCCCC(CCCC)O[SiH2]CC[SiH2]OC(CCCC)CCCCC. The standard InChI is InChI=1S/C22H50O2Si2/c1-5-9-13-17-21(15-11-7-3)23-25-19-20-26-24-22(16-12-8-4)18-14-10-6-2/h21-22H,5-20,25-26H2,1-4H3. The van der Waals surface area contributed by atoms with E-state index in [-0.39, 0.29) is 19.5 Å². The van der Waals surface area contributed by atoms with Crippen LogP contribution in [0, 0.1) is 0 Å². The summed E-state index contributed by atoms with van der Waals surface area (Å²) >= 11 is 0. The van der Waals surface area contributed by atoms with E-state index in [2.05, 4.69) is 27.7 Å². The first-order valence-electron chi connectivity index (χ1n) is 12.0. The predicted octanol–water partition coefficient (Wildman–Crippen LogP) is 6.30. The molecule has 0 aromatic rings. The third-order valence-corrected chi connectivity index (χ3v) is 9.26. The molecular weight excluding hydrogens is 352 g/mol. The maximum absolute atomic E-state index is 6.35. The topological polar surface area (TPSA) is 18.5 Å². The van der Waals surface area contributed by atoms with Gasteiger partial charge in [-0.3, -0.25) is 0 Å². The van der Waals surface area contributed by atoms with Crippen molar-refractivity contribution in [2.75, 3.05) is 0 Å². The largest absolute Gasteiger partial charge is 0.421 e. The van der Waals surface area contributed by atoms with Crippen LogP contribution < -0.4 is 0 Å². The normalized spacial score (nSPS) is 14.8. The summed E-state index contributed by atoms with van der Waals surface area (Å²) in [7, 11) is -0.648. The van der Waals surface area contributed by atoms with Crippen molar-refractivity contribution in [3.05, 3.63) is 0 Å². The lowest BCUT2D eigenvalue weighted by molar-refractivity contribution is 0.178. The van der Waals surface area contributed by atoms with Gasteiger partial charge in [0.2, 0.25) is 0 Å². The second kappa shape index (κ2) is 21.7. The molecule has 2 nitrogen and oxygen atoms in total. The molecule has 0 saturated carbocycles. The maximum atomic E-state index is 6.35. The molecule has 0 fully saturated rings. The lowest BCUT2D eigenvalue weighted by Gasteiger charge is -2.19. The van der Waals surface area contributed by atoms with E-state index in [0.29, 0.717) is 12.2 Å². The second-order valence-electron chi connectivity index (χ2n) is 7.97. The summed E-state index contributed by atoms with van der Waals surface area (Å²) in [6.45, 7) is 9.16. The monoisotopic (exact) mass is 402 g/mol. The first-order chi connectivity index (χ1) is 12.8. The zero-order chi connectivity index (χ0) is 19.3. The van der Waals surface area contributed by atoms with Crippen LogP contribution in [0.4, 0.5) is 0 Å². The van der Waals surface area contributed by atoms with Crippen molar-refractivity contribution in [1.29, 1.82) is 0 Å². The Kier molecular flexibility index (Phi) is 21.9. The highest BCUT2D eigenvalue weighted by atomic mass is 28.2. The summed E-state index contributed by atoms with van der Waals surface area (Å²) in [5.74, 6) is 0. The van der Waals surface area contributed by atoms with Crippen molar-refractivity contribution >= 4 is 19.5 Å². The van der Waals surface area contributed by atoms with Crippen LogP contribution in [0.2, 0.25) is 12.1 Å². The van der Waals surface area contributed by atoms with Gasteiger partial charge in [0.1, 0.15) is 0 Å². The molecule has 0 spiro atoms. The smallest absolute Gasteiger partial charge is 0.161 e. The van der Waals surface area contributed by atoms with E-state index < -0.39 is 0 Å². The zero-order valence-electron chi connectivity index (χ0n) is 18.7. The van der Waals surface area contributed by atoms with Gasteiger partial charge in [-0.05, 0) is 37.8 Å². The molecule has 0 saturated heterocycles. The third kappa shape index (κ3) is 17.8. The van der Waals surface area contributed by atoms with E-state index in [1.54, 1.807) is 0 Å². The average molecular weight is 403 g/mol. The highest BCUT2D eigenvalue weighted by Gasteiger charge is 2.10. The molecule has 0 aliphatic rings. The minimum Gasteiger partial charge on any atom is -0.421 e. The van der Waals surface area contributed by atoms with Crippen LogP contribution in [0.3, 0.4) is 0 Å². The van der Waals surface area contributed by atoms with Gasteiger partial charge in [-0.2, -0.15) is 0 Å². The molecule has 0 aromatic heterocycles. The van der Waals surface area contributed by atoms with Crippen LogP contribution in [-0.4, -0.2) is 31.7 Å². The van der Waals surface area contributed by atoms with Gasteiger partial charge >= 0.3 is 0 Å². The Morgan fingerprint density at radius 1 is 0.500 bits per heavy atom. The molecule has 0 aliphatic carbocycles. The predicted molar refractivity (Wildman–Crippen MR) is 124 cm³/mol. The maximum Gasteiger partial charge on any atom is 0.161 e. The number of hydrogen-bond donors (Lipinski definition) is 0. The fourth-order valence-corrected chi connectivity index (χ4v) is 6.73. The molecule has 0 amide bonds. The molecule has 2 unspecified atom stereocenters. The van der Waals surface area contributed by atoms with E-state index in [0.717, 1.165) is 0 Å². The van der Waals surface area contributed by atoms with E-state index in [1.807, 2.05) is 0 Å². The number of rotatable bonds is 21. The van der Waals surface area contributed by atoms with Gasteiger partial charge in [0, 0.05) is 12.2 Å². The number of unbranched alkanes of at least 4 members (excludes halogenated alkanes) is 6. The van der Waals surface area contributed by atoms with E-state index >= 15 is 0 Å². The van der Waals surface area contributed by atoms with Gasteiger partial charge in [0.25, 0.3) is 0 Å². The molecule has 4 heteroatoms. The van der Waals surface area contributed by atoms with Crippen molar-refractivity contribution in [3.8, 4) is 0 Å². The molecule has 0 heterocycles. The first-order valence-corrected chi connectivity index (χ1v) is 15.2. The Morgan fingerprint density at radius 3 is 1.19 bits per heavy atom. The zero-order valence-corrected chi connectivity index (χ0v) is 21.5. The quantitative estimate of drug-likeness (QED) is 0.166. The summed E-state index contributed by atoms with van der Waals surface area (Å²) in [6.07, 6.45) is 19.7. The van der Waals surface area contributed by atoms with Gasteiger partial charge in [-0.15, -0.1) is 0 Å². The van der Waals surface area contributed by atoms with Crippen LogP contribution in [0.25, 0.3) is 0 Å². The summed E-state index contributed by atoms with van der Waals surface area (Å²) in [5, 5.41) is 0. The van der Waals surface area contributed by atoms with Crippen LogP contribution in [-0.2, 0) is 8.85 Å². The Balaban J connectivity index is 3.82. The van der Waals surface area contributed by atoms with E-state index in [9.17, 15) is 0 Å². The Morgan fingerprint density at radius 2 is 0.846 bits per heavy atom. The second-order valence-corrected chi connectivity index (χ2v) is 10.9. The van der Waals surface area contributed by atoms with Gasteiger partial charge in [-0.25, -0.2) is 0 Å². The minimum absolute atomic E-state index is 0.324. The summed E-state index contributed by atoms with van der Waals surface area (Å²) < 4.78 is 12.7. The fourth-order valence-electron chi connectivity index (χ4n) is 3.43. The number of hydrogen-bond acceptors (Lipinski definition) is 2. The van der Waals surface area contributed by atoms with Crippen LogP contribution in [0.15, 0.2) is 0 Å². The Hall–Kier alpha value is 0.354. The lowest BCUT2D eigenvalue weighted by Crippen LogP contribution is -2.18. The van der Waals surface area contributed by atoms with Crippen molar-refractivity contribution in [1.82, 2.24) is 0 Å². The summed E-state index contributed by atoms with van der Waals surface area (Å²) in [6, 6.07) is 2.69. The van der Waals surface area contributed by atoms with Crippen molar-refractivity contribution in [2.24, 2.45) is 0 Å². The van der Waals surface area contributed by atoms with Crippen molar-refractivity contribution in [2.45, 2.75) is 142 Å². The van der Waals surface area contributed by atoms with E-state index in [4.69, 9.17) is 8.85 Å². The molecule has 0 N–H and O–H groups in total. The fraction of sp³-hybridized carbons (Fsp3) is 1.00. The van der Waals surface area contributed by atoms with Crippen LogP contribution in [0.5, 0.6) is 0 Å². The summed E-state index contributed by atoms with van der Waals surface area (Å²) in [5.41, 5.74) is 0. The Labute approximate surface area is 170 Å². The molecule has 0 bridgehead atoms. The van der Waals surface area contributed by atoms with Crippen LogP contribution in [0.1, 0.15) is 118 Å². The molecule has 158 valence electrons. The Bertz CT molecular complexity index is 239. The van der Waals surface area contributed by atoms with Gasteiger partial charge in [0.15, 0.2) is 19.5 Å². The molecule has 2 atom stereocenters. The van der Waals surface area contributed by atoms with Crippen molar-refractivity contribution in [3.63, 3.8) is 0 Å². The molecule has 0 rings (SSSR count). The highest BCUT2D eigenvalue weighted by molar-refractivity contribution is 6.34. The molecular formula is C22H50O2Si2. The van der Waals surface area contributed by atoms with E-state index in [1.165, 1.54) is 102 Å². The lowest BCUT2D eigenvalue weighted by atomic mass is 10.1. The molecule has 0 aromatic carbocycles. The minimum atomic E-state index is -0.324. The van der Waals surface area contributed by atoms with Crippen LogP contribution >= 0.6 is 0 Å². The summed E-state index contributed by atoms with van der Waals surface area (Å²) in [4.78, 5) is 0. The highest BCUT2D eigenvalue weighted by Crippen LogP contribution is 2.15. The average Bonchev–Trinajstić information content (AvgIpc) is 2.65. The third-order valence-electron chi connectivity index (χ3n) is 5.26. The van der Waals surface area contributed by atoms with Crippen molar-refractivity contribution < 1.29 is 8.85 Å². The molecule has 0 aliphatic heterocycles. The van der Waals surface area contributed by atoms with Gasteiger partial charge in [0.05, 0.1) is 0 Å². The van der Waals surface area contributed by atoms with Gasteiger partial charge < -0.3 is 8.85 Å². The molecule has 0 radical (unpaired) electrons. The van der Waals surface area contributed by atoms with Gasteiger partial charge in [-0.1, -0.05) is 91.9 Å².